The number of likely N-dealkylation sites (tertiary alicyclic amines) is 1. The van der Waals surface area contributed by atoms with Gasteiger partial charge in [0.1, 0.15) is 10.5 Å². The third-order valence-electron chi connectivity index (χ3n) is 4.12. The molecule has 0 aliphatic carbocycles. The molecule has 1 fully saturated rings. The summed E-state index contributed by atoms with van der Waals surface area (Å²) in [6.07, 6.45) is -3.76. The molecular formula is C15H15F3N2O2S. The highest BCUT2D eigenvalue weighted by molar-refractivity contribution is 7.20. The van der Waals surface area contributed by atoms with Crippen molar-refractivity contribution in [1.82, 2.24) is 9.88 Å². The summed E-state index contributed by atoms with van der Waals surface area (Å²) < 4.78 is 38.3. The van der Waals surface area contributed by atoms with E-state index in [1.54, 1.807) is 11.8 Å². The van der Waals surface area contributed by atoms with Gasteiger partial charge in [-0.1, -0.05) is 0 Å². The number of carbonyl (C=O) groups excluding carboxylic acids is 1. The molecule has 124 valence electrons. The number of aryl methyl sites for hydroxylation is 1. The Kier molecular flexibility index (Phi) is 4.05. The molecule has 2 aromatic heterocycles. The SMILES string of the molecule is Cc1c(C(=O)N2CCC(CO)C2)sc2nc(C(F)(F)F)ccc12. The summed E-state index contributed by atoms with van der Waals surface area (Å²) in [5.74, 6) is -0.126. The van der Waals surface area contributed by atoms with E-state index in [1.165, 1.54) is 6.07 Å². The average molecular weight is 344 g/mol. The maximum Gasteiger partial charge on any atom is 0.433 e. The number of thiophene rings is 1. The summed E-state index contributed by atoms with van der Waals surface area (Å²) in [5, 5.41) is 9.73. The zero-order valence-corrected chi connectivity index (χ0v) is 13.2. The zero-order valence-electron chi connectivity index (χ0n) is 12.4. The molecule has 1 N–H and O–H groups in total. The van der Waals surface area contributed by atoms with E-state index in [9.17, 15) is 18.0 Å². The number of aliphatic hydroxyl groups excluding tert-OH is 1. The molecule has 0 aromatic carbocycles. The highest BCUT2D eigenvalue weighted by atomic mass is 32.1. The highest BCUT2D eigenvalue weighted by Gasteiger charge is 2.34. The Balaban J connectivity index is 1.95. The normalized spacial score (nSPS) is 18.8. The van der Waals surface area contributed by atoms with Crippen molar-refractivity contribution in [1.29, 1.82) is 0 Å². The second-order valence-corrected chi connectivity index (χ2v) is 6.69. The van der Waals surface area contributed by atoms with Crippen molar-refractivity contribution >= 4 is 27.5 Å². The first-order valence-electron chi connectivity index (χ1n) is 7.18. The molecule has 1 atom stereocenters. The van der Waals surface area contributed by atoms with Gasteiger partial charge in [-0.25, -0.2) is 4.98 Å². The van der Waals surface area contributed by atoms with Gasteiger partial charge in [0.15, 0.2) is 0 Å². The second-order valence-electron chi connectivity index (χ2n) is 5.69. The van der Waals surface area contributed by atoms with Crippen LogP contribution < -0.4 is 0 Å². The molecule has 1 aliphatic heterocycles. The van der Waals surface area contributed by atoms with Crippen LogP contribution in [-0.2, 0) is 6.18 Å². The van der Waals surface area contributed by atoms with Crippen LogP contribution in [0.2, 0.25) is 0 Å². The van der Waals surface area contributed by atoms with Gasteiger partial charge in [-0.2, -0.15) is 13.2 Å². The monoisotopic (exact) mass is 344 g/mol. The standard InChI is InChI=1S/C15H15F3N2O2S/c1-8-10-2-3-11(15(16,17)18)19-13(10)23-12(8)14(22)20-5-4-9(6-20)7-21/h2-3,9,21H,4-7H2,1H3. The molecule has 2 aromatic rings. The lowest BCUT2D eigenvalue weighted by Gasteiger charge is -2.15. The summed E-state index contributed by atoms with van der Waals surface area (Å²) in [7, 11) is 0. The van der Waals surface area contributed by atoms with Gasteiger partial charge in [-0.15, -0.1) is 11.3 Å². The van der Waals surface area contributed by atoms with Gasteiger partial charge in [-0.3, -0.25) is 4.79 Å². The van der Waals surface area contributed by atoms with Gasteiger partial charge >= 0.3 is 6.18 Å². The molecule has 4 nitrogen and oxygen atoms in total. The van der Waals surface area contributed by atoms with E-state index in [0.717, 1.165) is 23.8 Å². The molecule has 0 bridgehead atoms. The number of carbonyl (C=O) groups is 1. The Morgan fingerprint density at radius 2 is 2.22 bits per heavy atom. The fourth-order valence-electron chi connectivity index (χ4n) is 2.77. The Hall–Kier alpha value is -1.67. The number of aliphatic hydroxyl groups is 1. The molecule has 23 heavy (non-hydrogen) atoms. The van der Waals surface area contributed by atoms with Gasteiger partial charge in [0.25, 0.3) is 5.91 Å². The van der Waals surface area contributed by atoms with Gasteiger partial charge < -0.3 is 10.0 Å². The maximum absolute atomic E-state index is 12.8. The van der Waals surface area contributed by atoms with E-state index in [1.807, 2.05) is 0 Å². The zero-order chi connectivity index (χ0) is 16.8. The van der Waals surface area contributed by atoms with Crippen LogP contribution in [0, 0.1) is 12.8 Å². The molecule has 1 amide bonds. The highest BCUT2D eigenvalue weighted by Crippen LogP contribution is 2.35. The van der Waals surface area contributed by atoms with E-state index in [4.69, 9.17) is 5.11 Å². The fourth-order valence-corrected chi connectivity index (χ4v) is 3.92. The number of aromatic nitrogens is 1. The summed E-state index contributed by atoms with van der Waals surface area (Å²) in [5.41, 5.74) is -0.296. The first-order chi connectivity index (χ1) is 10.8. The number of nitrogens with zero attached hydrogens (tertiary/aromatic N) is 2. The molecule has 1 saturated heterocycles. The topological polar surface area (TPSA) is 53.4 Å². The summed E-state index contributed by atoms with van der Waals surface area (Å²) in [6, 6.07) is 2.31. The number of amides is 1. The molecule has 0 spiro atoms. The predicted octanol–water partition coefficient (Wildman–Crippen LogP) is 3.08. The molecular weight excluding hydrogens is 329 g/mol. The first kappa shape index (κ1) is 16.2. The lowest BCUT2D eigenvalue weighted by atomic mass is 10.1. The van der Waals surface area contributed by atoms with Crippen LogP contribution in [0.15, 0.2) is 12.1 Å². The number of fused-ring (bicyclic) bond motifs is 1. The maximum atomic E-state index is 12.8. The van der Waals surface area contributed by atoms with Crippen LogP contribution >= 0.6 is 11.3 Å². The van der Waals surface area contributed by atoms with Crippen LogP contribution in [0.1, 0.15) is 27.3 Å². The fraction of sp³-hybridized carbons (Fsp3) is 0.467. The lowest BCUT2D eigenvalue weighted by Crippen LogP contribution is -2.28. The average Bonchev–Trinajstić information content (AvgIpc) is 3.10. The quantitative estimate of drug-likeness (QED) is 0.911. The first-order valence-corrected chi connectivity index (χ1v) is 8.00. The van der Waals surface area contributed by atoms with E-state index < -0.39 is 11.9 Å². The third kappa shape index (κ3) is 2.92. The van der Waals surface area contributed by atoms with Crippen LogP contribution in [0.4, 0.5) is 13.2 Å². The third-order valence-corrected chi connectivity index (χ3v) is 5.31. The molecule has 3 rings (SSSR count). The van der Waals surface area contributed by atoms with Crippen LogP contribution in [0.5, 0.6) is 0 Å². The van der Waals surface area contributed by atoms with Crippen molar-refractivity contribution in [3.63, 3.8) is 0 Å². The molecule has 8 heteroatoms. The van der Waals surface area contributed by atoms with Crippen molar-refractivity contribution in [3.05, 3.63) is 28.3 Å². The van der Waals surface area contributed by atoms with Gasteiger partial charge in [-0.05, 0) is 31.0 Å². The summed E-state index contributed by atoms with van der Waals surface area (Å²) >= 11 is 0.993. The Morgan fingerprint density at radius 3 is 2.83 bits per heavy atom. The lowest BCUT2D eigenvalue weighted by molar-refractivity contribution is -0.140. The van der Waals surface area contributed by atoms with Gasteiger partial charge in [0.2, 0.25) is 0 Å². The van der Waals surface area contributed by atoms with E-state index in [0.29, 0.717) is 28.9 Å². The van der Waals surface area contributed by atoms with Crippen LogP contribution in [0.3, 0.4) is 0 Å². The van der Waals surface area contributed by atoms with Crippen molar-refractivity contribution in [2.45, 2.75) is 19.5 Å². The van der Waals surface area contributed by atoms with Crippen LogP contribution in [0.25, 0.3) is 10.2 Å². The Bertz CT molecular complexity index is 757. The number of alkyl halides is 3. The van der Waals surface area contributed by atoms with E-state index in [-0.39, 0.29) is 23.3 Å². The van der Waals surface area contributed by atoms with Crippen LogP contribution in [-0.4, -0.2) is 40.6 Å². The number of rotatable bonds is 2. The summed E-state index contributed by atoms with van der Waals surface area (Å²) in [4.78, 5) is 18.5. The Morgan fingerprint density at radius 1 is 1.48 bits per heavy atom. The van der Waals surface area contributed by atoms with Crippen molar-refractivity contribution < 1.29 is 23.1 Å². The van der Waals surface area contributed by atoms with Crippen molar-refractivity contribution in [2.24, 2.45) is 5.92 Å². The minimum Gasteiger partial charge on any atom is -0.396 e. The van der Waals surface area contributed by atoms with Gasteiger partial charge in [0.05, 0.1) is 4.88 Å². The minimum absolute atomic E-state index is 0.0334. The Labute approximate surface area is 134 Å². The van der Waals surface area contributed by atoms with E-state index in [2.05, 4.69) is 4.98 Å². The van der Waals surface area contributed by atoms with E-state index >= 15 is 0 Å². The molecule has 0 radical (unpaired) electrons. The van der Waals surface area contributed by atoms with Crippen molar-refractivity contribution in [2.75, 3.05) is 19.7 Å². The minimum atomic E-state index is -4.50. The summed E-state index contributed by atoms with van der Waals surface area (Å²) in [6.45, 7) is 2.79. The number of halogens is 3. The molecule has 1 unspecified atom stereocenters. The number of hydrogen-bond donors (Lipinski definition) is 1. The largest absolute Gasteiger partial charge is 0.433 e. The smallest absolute Gasteiger partial charge is 0.396 e. The number of hydrogen-bond acceptors (Lipinski definition) is 4. The molecule has 0 saturated carbocycles. The predicted molar refractivity (Wildman–Crippen MR) is 80.5 cm³/mol. The number of pyridine rings is 1. The second kappa shape index (κ2) is 5.76. The van der Waals surface area contributed by atoms with Crippen molar-refractivity contribution in [3.8, 4) is 0 Å². The molecule has 3 heterocycles. The molecule has 1 aliphatic rings. The van der Waals surface area contributed by atoms with Gasteiger partial charge in [0, 0.05) is 31.0 Å².